The van der Waals surface area contributed by atoms with E-state index in [4.69, 9.17) is 28.0 Å². The summed E-state index contributed by atoms with van der Waals surface area (Å²) in [6.45, 7) is 1.58. The molecule has 1 N–H and O–H groups in total. The Labute approximate surface area is 267 Å². The van der Waals surface area contributed by atoms with Crippen molar-refractivity contribution in [3.05, 3.63) is 92.0 Å². The first-order valence-electron chi connectivity index (χ1n) is 15.0. The van der Waals surface area contributed by atoms with Crippen LogP contribution in [0.5, 0.6) is 0 Å². The Morgan fingerprint density at radius 2 is 1.76 bits per heavy atom. The first-order valence-corrected chi connectivity index (χ1v) is 15.7. The lowest BCUT2D eigenvalue weighted by molar-refractivity contribution is -0.362. The maximum Gasteiger partial charge on any atom is 0.456 e. The number of carbonyl (C=O) groups is 1. The number of ketones is 1. The van der Waals surface area contributed by atoms with Crippen molar-refractivity contribution in [1.29, 1.82) is 0 Å². The third-order valence-corrected chi connectivity index (χ3v) is 11.3. The van der Waals surface area contributed by atoms with Crippen LogP contribution in [-0.2, 0) is 16.2 Å². The van der Waals surface area contributed by atoms with E-state index in [0.29, 0.717) is 41.3 Å². The molecule has 4 nitrogen and oxygen atoms in total. The number of oxime groups is 1. The summed E-state index contributed by atoms with van der Waals surface area (Å²) in [5.74, 6) is -6.56. The normalized spacial score (nSPS) is 30.2. The minimum absolute atomic E-state index is 0.0371. The second-order valence-corrected chi connectivity index (χ2v) is 13.7. The largest absolute Gasteiger partial charge is 0.456 e. The van der Waals surface area contributed by atoms with Crippen molar-refractivity contribution in [1.82, 2.24) is 0 Å². The fourth-order valence-electron chi connectivity index (χ4n) is 8.37. The highest BCUT2D eigenvalue weighted by atomic mass is 35.5. The summed E-state index contributed by atoms with van der Waals surface area (Å²) < 4.78 is 71.7. The Morgan fingerprint density at radius 3 is 2.44 bits per heavy atom. The predicted molar refractivity (Wildman–Crippen MR) is 162 cm³/mol. The molecule has 0 unspecified atom stereocenters. The molecule has 2 aromatic rings. The molecule has 0 amide bonds. The van der Waals surface area contributed by atoms with E-state index in [1.807, 2.05) is 12.1 Å². The van der Waals surface area contributed by atoms with E-state index >= 15 is 8.78 Å². The Kier molecular flexibility index (Phi) is 8.22. The number of alkyl halides is 5. The molecule has 2 saturated carbocycles. The highest BCUT2D eigenvalue weighted by Crippen LogP contribution is 2.70. The lowest BCUT2D eigenvalue weighted by atomic mass is 9.50. The van der Waals surface area contributed by atoms with E-state index in [-0.39, 0.29) is 31.1 Å². The molecule has 2 aromatic carbocycles. The highest BCUT2D eigenvalue weighted by molar-refractivity contribution is 6.42. The van der Waals surface area contributed by atoms with Gasteiger partial charge in [0.1, 0.15) is 12.2 Å². The highest BCUT2D eigenvalue weighted by Gasteiger charge is 2.79. The molecule has 0 aromatic heterocycles. The molecule has 0 radical (unpaired) electrons. The smallest absolute Gasteiger partial charge is 0.391 e. The maximum atomic E-state index is 15.2. The molecular weight excluding hydrogens is 636 g/mol. The van der Waals surface area contributed by atoms with E-state index in [0.717, 1.165) is 27.8 Å². The van der Waals surface area contributed by atoms with Gasteiger partial charge in [0.15, 0.2) is 5.78 Å². The molecule has 0 heterocycles. The zero-order valence-corrected chi connectivity index (χ0v) is 26.0. The number of aliphatic hydroxyl groups is 1. The van der Waals surface area contributed by atoms with Gasteiger partial charge >= 0.3 is 12.1 Å². The van der Waals surface area contributed by atoms with Gasteiger partial charge in [-0.25, -0.2) is 0 Å². The summed E-state index contributed by atoms with van der Waals surface area (Å²) in [5.41, 5.74) is 0.255. The molecule has 0 spiro atoms. The maximum absolute atomic E-state index is 15.2. The molecule has 11 heteroatoms. The van der Waals surface area contributed by atoms with Gasteiger partial charge in [-0.3, -0.25) is 4.79 Å². The van der Waals surface area contributed by atoms with Gasteiger partial charge in [0.05, 0.1) is 16.3 Å². The number of hydrogen-bond acceptors (Lipinski definition) is 4. The van der Waals surface area contributed by atoms with Gasteiger partial charge in [-0.15, -0.1) is 0 Å². The first kappa shape index (κ1) is 32.2. The van der Waals surface area contributed by atoms with Crippen molar-refractivity contribution in [3.63, 3.8) is 0 Å². The first-order chi connectivity index (χ1) is 21.2. The van der Waals surface area contributed by atoms with Crippen LogP contribution >= 0.6 is 23.2 Å². The summed E-state index contributed by atoms with van der Waals surface area (Å²) in [6, 6.07) is 12.3. The summed E-state index contributed by atoms with van der Waals surface area (Å²) in [7, 11) is 0. The Hall–Kier alpha value is -2.75. The van der Waals surface area contributed by atoms with Crippen molar-refractivity contribution < 1.29 is 36.7 Å². The van der Waals surface area contributed by atoms with Gasteiger partial charge in [0, 0.05) is 17.8 Å². The van der Waals surface area contributed by atoms with Crippen molar-refractivity contribution in [2.24, 2.45) is 22.4 Å². The number of fused-ring (bicyclic) bond motifs is 4. The molecule has 5 atom stereocenters. The van der Waals surface area contributed by atoms with Gasteiger partial charge in [-0.1, -0.05) is 71.2 Å². The van der Waals surface area contributed by atoms with Gasteiger partial charge in [-0.05, 0) is 96.4 Å². The SMILES string of the molecule is C[C@]12C[C@H](c3ccc(C=NOCc4ccc(Cl)c(Cl)c4)cc3)C3=C4CCC(=O)C=C4CC[C@H]3[C@@H]1CC[C@@]2(O)C(F)(F)C(F)(F)F. The van der Waals surface area contributed by atoms with Crippen LogP contribution in [-0.4, -0.2) is 34.8 Å². The minimum Gasteiger partial charge on any atom is -0.391 e. The summed E-state index contributed by atoms with van der Waals surface area (Å²) in [4.78, 5) is 17.6. The second-order valence-electron chi connectivity index (χ2n) is 12.9. The van der Waals surface area contributed by atoms with Gasteiger partial charge in [0.25, 0.3) is 0 Å². The third kappa shape index (κ3) is 5.32. The molecule has 0 saturated heterocycles. The Bertz CT molecular complexity index is 1600. The molecule has 0 bridgehead atoms. The number of allylic oxidation sites excluding steroid dienone is 4. The molecule has 240 valence electrons. The van der Waals surface area contributed by atoms with Crippen molar-refractivity contribution in [2.45, 2.75) is 82.1 Å². The van der Waals surface area contributed by atoms with Crippen molar-refractivity contribution in [2.75, 3.05) is 0 Å². The van der Waals surface area contributed by atoms with E-state index in [9.17, 15) is 23.1 Å². The van der Waals surface area contributed by atoms with E-state index in [1.54, 1.807) is 36.4 Å². The fourth-order valence-corrected chi connectivity index (χ4v) is 8.69. The van der Waals surface area contributed by atoms with Crippen LogP contribution in [0, 0.1) is 17.3 Å². The van der Waals surface area contributed by atoms with Gasteiger partial charge in [-0.2, -0.15) is 22.0 Å². The number of rotatable bonds is 6. The summed E-state index contributed by atoms with van der Waals surface area (Å²) in [6.07, 6.45) is -1.42. The number of carbonyl (C=O) groups excluding carboxylic acids is 1. The summed E-state index contributed by atoms with van der Waals surface area (Å²) >= 11 is 12.0. The molecular formula is C34H32Cl2F5NO3. The van der Waals surface area contributed by atoms with Crippen LogP contribution in [0.3, 0.4) is 0 Å². The van der Waals surface area contributed by atoms with E-state index < -0.39 is 41.4 Å². The van der Waals surface area contributed by atoms with Crippen LogP contribution in [0.25, 0.3) is 0 Å². The zero-order valence-electron chi connectivity index (χ0n) is 24.4. The van der Waals surface area contributed by atoms with Gasteiger partial charge < -0.3 is 9.94 Å². The van der Waals surface area contributed by atoms with E-state index in [1.165, 1.54) is 13.1 Å². The molecule has 2 fully saturated rings. The lowest BCUT2D eigenvalue weighted by Gasteiger charge is -2.56. The monoisotopic (exact) mass is 667 g/mol. The minimum atomic E-state index is -5.89. The van der Waals surface area contributed by atoms with Crippen LogP contribution in [0.15, 0.2) is 70.4 Å². The number of nitrogens with zero attached hydrogens (tertiary/aromatic N) is 1. The average molecular weight is 669 g/mol. The molecule has 4 aliphatic rings. The van der Waals surface area contributed by atoms with Gasteiger partial charge in [0.2, 0.25) is 0 Å². The molecule has 0 aliphatic heterocycles. The predicted octanol–water partition coefficient (Wildman–Crippen LogP) is 9.37. The van der Waals surface area contributed by atoms with Crippen LogP contribution in [0.1, 0.15) is 74.5 Å². The topological polar surface area (TPSA) is 58.9 Å². The fraction of sp³-hybridized carbons (Fsp3) is 0.471. The van der Waals surface area contributed by atoms with Crippen LogP contribution < -0.4 is 0 Å². The molecule has 4 aliphatic carbocycles. The third-order valence-electron chi connectivity index (χ3n) is 10.6. The Balaban J connectivity index is 1.33. The van der Waals surface area contributed by atoms with Crippen LogP contribution in [0.4, 0.5) is 22.0 Å². The Morgan fingerprint density at radius 1 is 1.02 bits per heavy atom. The molecule has 45 heavy (non-hydrogen) atoms. The molecule has 6 rings (SSSR count). The average Bonchev–Trinajstić information content (AvgIpc) is 3.27. The number of benzene rings is 2. The standard InChI is InChI=1S/C34H32Cl2F5NO3/c1-31-16-26(21-5-2-19(3-6-21)17-42-45-18-20-4-11-28(35)29(36)14-20)30-24-10-8-23(43)15-22(24)7-9-25(30)27(31)12-13-32(31,44)33(37,38)34(39,40)41/h2-6,11,14-15,17,25-27,44H,7-10,12-13,16,18H2,1H3/t25-,26+,27-,31-,32-/m0/s1. The quantitative estimate of drug-likeness (QED) is 0.190. The zero-order chi connectivity index (χ0) is 32.4. The second kappa shape index (κ2) is 11.5. The summed E-state index contributed by atoms with van der Waals surface area (Å²) in [5, 5.41) is 16.3. The number of halogens is 7. The van der Waals surface area contributed by atoms with E-state index in [2.05, 4.69) is 5.16 Å². The van der Waals surface area contributed by atoms with Crippen molar-refractivity contribution in [3.8, 4) is 0 Å². The van der Waals surface area contributed by atoms with Crippen LogP contribution in [0.2, 0.25) is 10.0 Å². The number of hydrogen-bond donors (Lipinski definition) is 1. The van der Waals surface area contributed by atoms with Crippen molar-refractivity contribution >= 4 is 35.2 Å². The lowest BCUT2D eigenvalue weighted by Crippen LogP contribution is -2.65.